The number of nitrogens with zero attached hydrogens (tertiary/aromatic N) is 1. The fraction of sp³-hybridized carbons (Fsp3) is 0.368. The summed E-state index contributed by atoms with van der Waals surface area (Å²) in [6.45, 7) is 4.71. The van der Waals surface area contributed by atoms with Crippen LogP contribution in [0.5, 0.6) is 5.75 Å². The van der Waals surface area contributed by atoms with Gasteiger partial charge in [-0.2, -0.15) is 0 Å². The Hall–Kier alpha value is -1.98. The van der Waals surface area contributed by atoms with E-state index in [0.717, 1.165) is 18.5 Å². The third-order valence-corrected chi connectivity index (χ3v) is 4.47. The predicted molar refractivity (Wildman–Crippen MR) is 104 cm³/mol. The highest BCUT2D eigenvalue weighted by Crippen LogP contribution is 2.28. The number of rotatable bonds is 8. The Bertz CT molecular complexity index is 821. The van der Waals surface area contributed by atoms with Crippen LogP contribution in [0.25, 0.3) is 0 Å². The number of carbonyl (C=O) groups excluding carboxylic acids is 1. The molecule has 7 heteroatoms. The van der Waals surface area contributed by atoms with E-state index in [1.54, 1.807) is 41.8 Å². The van der Waals surface area contributed by atoms with Crippen LogP contribution in [-0.4, -0.2) is 23.1 Å². The van der Waals surface area contributed by atoms with Crippen LogP contribution in [-0.2, 0) is 11.3 Å². The van der Waals surface area contributed by atoms with Crippen LogP contribution in [0, 0.1) is 6.92 Å². The zero-order valence-electron chi connectivity index (χ0n) is 14.8. The van der Waals surface area contributed by atoms with Crippen LogP contribution in [0.15, 0.2) is 41.2 Å². The van der Waals surface area contributed by atoms with Crippen LogP contribution in [0.4, 0.5) is 0 Å². The standard InChI is InChI=1S/C19H22Cl2N2O3/c1-13-6-5-7-18(24)23(13)11-4-3-10-22-19(25)14(2)26-17-9-8-15(20)12-16(17)21/h5-9,12,14H,3-4,10-11H2,1-2H3,(H,22,25). The molecule has 140 valence electrons. The molecule has 1 aromatic carbocycles. The lowest BCUT2D eigenvalue weighted by Crippen LogP contribution is -2.37. The van der Waals surface area contributed by atoms with Crippen LogP contribution in [0.1, 0.15) is 25.5 Å². The summed E-state index contributed by atoms with van der Waals surface area (Å²) < 4.78 is 7.30. The first-order valence-electron chi connectivity index (χ1n) is 8.44. The van der Waals surface area contributed by atoms with E-state index in [-0.39, 0.29) is 11.5 Å². The number of benzene rings is 1. The van der Waals surface area contributed by atoms with Gasteiger partial charge in [-0.05, 0) is 51.0 Å². The number of aromatic nitrogens is 1. The van der Waals surface area contributed by atoms with Gasteiger partial charge in [0, 0.05) is 29.9 Å². The molecule has 1 unspecified atom stereocenters. The number of aryl methyl sites for hydroxylation is 1. The highest BCUT2D eigenvalue weighted by Gasteiger charge is 2.15. The topological polar surface area (TPSA) is 60.3 Å². The molecule has 1 atom stereocenters. The Morgan fingerprint density at radius 3 is 2.69 bits per heavy atom. The van der Waals surface area contributed by atoms with Crippen molar-refractivity contribution < 1.29 is 9.53 Å². The van der Waals surface area contributed by atoms with E-state index in [1.165, 1.54) is 0 Å². The summed E-state index contributed by atoms with van der Waals surface area (Å²) in [7, 11) is 0. The fourth-order valence-electron chi connectivity index (χ4n) is 2.47. The van der Waals surface area contributed by atoms with Gasteiger partial charge < -0.3 is 14.6 Å². The van der Waals surface area contributed by atoms with Crippen molar-refractivity contribution in [2.45, 2.75) is 39.3 Å². The minimum Gasteiger partial charge on any atom is -0.479 e. The quantitative estimate of drug-likeness (QED) is 0.689. The van der Waals surface area contributed by atoms with Gasteiger partial charge in [-0.15, -0.1) is 0 Å². The van der Waals surface area contributed by atoms with E-state index in [2.05, 4.69) is 5.32 Å². The number of carbonyl (C=O) groups is 1. The van der Waals surface area contributed by atoms with E-state index >= 15 is 0 Å². The summed E-state index contributed by atoms with van der Waals surface area (Å²) in [5.41, 5.74) is 0.930. The Morgan fingerprint density at radius 1 is 1.23 bits per heavy atom. The Morgan fingerprint density at radius 2 is 2.00 bits per heavy atom. The van der Waals surface area contributed by atoms with Crippen molar-refractivity contribution in [1.29, 1.82) is 0 Å². The van der Waals surface area contributed by atoms with Gasteiger partial charge in [0.2, 0.25) is 0 Å². The second-order valence-corrected chi connectivity index (χ2v) is 6.83. The van der Waals surface area contributed by atoms with Gasteiger partial charge in [-0.3, -0.25) is 9.59 Å². The van der Waals surface area contributed by atoms with Crippen molar-refractivity contribution in [2.24, 2.45) is 0 Å². The molecule has 26 heavy (non-hydrogen) atoms. The molecule has 0 bridgehead atoms. The molecule has 1 N–H and O–H groups in total. The summed E-state index contributed by atoms with van der Waals surface area (Å²) in [6, 6.07) is 10.1. The predicted octanol–water partition coefficient (Wildman–Crippen LogP) is 3.83. The summed E-state index contributed by atoms with van der Waals surface area (Å²) >= 11 is 11.9. The van der Waals surface area contributed by atoms with Gasteiger partial charge >= 0.3 is 0 Å². The molecule has 0 saturated carbocycles. The van der Waals surface area contributed by atoms with Crippen molar-refractivity contribution >= 4 is 29.1 Å². The normalized spacial score (nSPS) is 11.8. The van der Waals surface area contributed by atoms with Crippen LogP contribution in [0.3, 0.4) is 0 Å². The number of nitrogens with one attached hydrogen (secondary N) is 1. The molecule has 0 aliphatic carbocycles. The van der Waals surface area contributed by atoms with E-state index in [0.29, 0.717) is 28.9 Å². The largest absolute Gasteiger partial charge is 0.479 e. The van der Waals surface area contributed by atoms with Gasteiger partial charge in [0.05, 0.1) is 5.02 Å². The molecular weight excluding hydrogens is 375 g/mol. The van der Waals surface area contributed by atoms with E-state index < -0.39 is 6.10 Å². The van der Waals surface area contributed by atoms with Gasteiger partial charge in [0.1, 0.15) is 5.75 Å². The van der Waals surface area contributed by atoms with Crippen molar-refractivity contribution in [1.82, 2.24) is 9.88 Å². The van der Waals surface area contributed by atoms with Crippen molar-refractivity contribution in [3.63, 3.8) is 0 Å². The van der Waals surface area contributed by atoms with Crippen molar-refractivity contribution in [2.75, 3.05) is 6.54 Å². The molecule has 2 aromatic rings. The first-order chi connectivity index (χ1) is 12.4. The minimum absolute atomic E-state index is 0.00380. The maximum atomic E-state index is 12.1. The molecular formula is C19H22Cl2N2O3. The number of hydrogen-bond donors (Lipinski definition) is 1. The van der Waals surface area contributed by atoms with Gasteiger partial charge in [-0.1, -0.05) is 29.3 Å². The summed E-state index contributed by atoms with van der Waals surface area (Å²) in [5, 5.41) is 3.70. The average molecular weight is 397 g/mol. The second kappa shape index (κ2) is 9.64. The molecule has 0 saturated heterocycles. The smallest absolute Gasteiger partial charge is 0.260 e. The number of amides is 1. The molecule has 1 amide bonds. The lowest BCUT2D eigenvalue weighted by Gasteiger charge is -2.16. The molecule has 0 fully saturated rings. The number of unbranched alkanes of at least 4 members (excludes halogenated alkanes) is 1. The summed E-state index contributed by atoms with van der Waals surface area (Å²) in [5.74, 6) is 0.196. The highest BCUT2D eigenvalue weighted by atomic mass is 35.5. The maximum Gasteiger partial charge on any atom is 0.260 e. The number of halogens is 2. The highest BCUT2D eigenvalue weighted by molar-refractivity contribution is 6.35. The zero-order valence-corrected chi connectivity index (χ0v) is 16.3. The van der Waals surface area contributed by atoms with E-state index in [4.69, 9.17) is 27.9 Å². The van der Waals surface area contributed by atoms with Crippen molar-refractivity contribution in [3.8, 4) is 5.75 Å². The molecule has 5 nitrogen and oxygen atoms in total. The molecule has 0 radical (unpaired) electrons. The molecule has 0 aliphatic heterocycles. The minimum atomic E-state index is -0.673. The molecule has 0 spiro atoms. The lowest BCUT2D eigenvalue weighted by molar-refractivity contribution is -0.127. The molecule has 0 aliphatic rings. The second-order valence-electron chi connectivity index (χ2n) is 5.99. The number of ether oxygens (including phenoxy) is 1. The van der Waals surface area contributed by atoms with Crippen molar-refractivity contribution in [3.05, 3.63) is 62.5 Å². The van der Waals surface area contributed by atoms with Crippen LogP contribution < -0.4 is 15.6 Å². The Balaban J connectivity index is 1.73. The first-order valence-corrected chi connectivity index (χ1v) is 9.20. The molecule has 1 aromatic heterocycles. The molecule has 2 rings (SSSR count). The Kier molecular flexibility index (Phi) is 7.54. The van der Waals surface area contributed by atoms with E-state index in [1.807, 2.05) is 13.0 Å². The lowest BCUT2D eigenvalue weighted by atomic mass is 10.2. The van der Waals surface area contributed by atoms with Crippen LogP contribution >= 0.6 is 23.2 Å². The first kappa shape index (κ1) is 20.3. The monoisotopic (exact) mass is 396 g/mol. The third kappa shape index (κ3) is 5.78. The van der Waals surface area contributed by atoms with Crippen LogP contribution in [0.2, 0.25) is 10.0 Å². The summed E-state index contributed by atoms with van der Waals surface area (Å²) in [6.07, 6.45) is 0.886. The SMILES string of the molecule is Cc1cccc(=O)n1CCCCNC(=O)C(C)Oc1ccc(Cl)cc1Cl. The zero-order chi connectivity index (χ0) is 19.1. The van der Waals surface area contributed by atoms with Gasteiger partial charge in [0.15, 0.2) is 6.10 Å². The molecule has 1 heterocycles. The Labute approximate surface area is 162 Å². The van der Waals surface area contributed by atoms with E-state index in [9.17, 15) is 9.59 Å². The third-order valence-electron chi connectivity index (χ3n) is 3.94. The number of hydrogen-bond acceptors (Lipinski definition) is 3. The van der Waals surface area contributed by atoms with Gasteiger partial charge in [-0.25, -0.2) is 0 Å². The van der Waals surface area contributed by atoms with Gasteiger partial charge in [0.25, 0.3) is 11.5 Å². The maximum absolute atomic E-state index is 12.1. The summed E-state index contributed by atoms with van der Waals surface area (Å²) in [4.78, 5) is 23.9. The number of pyridine rings is 1. The fourth-order valence-corrected chi connectivity index (χ4v) is 2.93. The average Bonchev–Trinajstić information content (AvgIpc) is 2.59.